The first-order valence-corrected chi connectivity index (χ1v) is 11.2. The molecule has 30 heavy (non-hydrogen) atoms. The summed E-state index contributed by atoms with van der Waals surface area (Å²) in [6, 6.07) is 7.87. The fourth-order valence-electron chi connectivity index (χ4n) is 4.53. The number of ether oxygens (including phenoxy) is 1. The van der Waals surface area contributed by atoms with Crippen molar-refractivity contribution in [1.29, 1.82) is 0 Å². The molecular weight excluding hydrogens is 421 g/mol. The summed E-state index contributed by atoms with van der Waals surface area (Å²) in [7, 11) is 1.47. The third kappa shape index (κ3) is 4.43. The lowest BCUT2D eigenvalue weighted by molar-refractivity contribution is -0.147. The average Bonchev–Trinajstić information content (AvgIpc) is 2.70. The molecule has 0 atom stereocenters. The van der Waals surface area contributed by atoms with Crippen LogP contribution in [-0.4, -0.2) is 49.1 Å². The molecule has 0 amide bonds. The van der Waals surface area contributed by atoms with Crippen LogP contribution in [0.15, 0.2) is 30.5 Å². The number of aromatic nitrogens is 1. The quantitative estimate of drug-likeness (QED) is 0.622. The molecule has 2 aromatic rings. The number of benzene rings is 1. The van der Waals surface area contributed by atoms with Crippen molar-refractivity contribution in [2.45, 2.75) is 32.2 Å². The van der Waals surface area contributed by atoms with Gasteiger partial charge in [0.05, 0.1) is 28.8 Å². The summed E-state index contributed by atoms with van der Waals surface area (Å²) in [5, 5.41) is 1.38. The Morgan fingerprint density at radius 2 is 1.87 bits per heavy atom. The van der Waals surface area contributed by atoms with Crippen LogP contribution in [0.2, 0.25) is 10.0 Å². The first kappa shape index (κ1) is 21.4. The van der Waals surface area contributed by atoms with E-state index >= 15 is 0 Å². The molecule has 0 unspecified atom stereocenters. The molecule has 160 valence electrons. The average molecular weight is 448 g/mol. The topological polar surface area (TPSA) is 45.7 Å². The summed E-state index contributed by atoms with van der Waals surface area (Å²) in [5.41, 5.74) is 4.52. The standard InChI is InChI=1S/C23H27Cl2N3O2/c1-15-10-16(12-27-8-6-17(7-9-27)23(29)30-2)11-26-21(15)18-13-28(14-18)22-19(24)4-3-5-20(22)25/h3-5,10-11,17-18H,6-9,12-14H2,1-2H3. The first-order valence-electron chi connectivity index (χ1n) is 10.4. The maximum Gasteiger partial charge on any atom is 0.308 e. The van der Waals surface area contributed by atoms with Gasteiger partial charge in [-0.25, -0.2) is 0 Å². The van der Waals surface area contributed by atoms with Gasteiger partial charge in [-0.05, 0) is 56.1 Å². The van der Waals surface area contributed by atoms with Crippen molar-refractivity contribution < 1.29 is 9.53 Å². The Morgan fingerprint density at radius 1 is 1.20 bits per heavy atom. The molecule has 1 aromatic carbocycles. The van der Waals surface area contributed by atoms with E-state index in [4.69, 9.17) is 32.9 Å². The Morgan fingerprint density at radius 3 is 2.47 bits per heavy atom. The van der Waals surface area contributed by atoms with E-state index in [2.05, 4.69) is 22.8 Å². The number of nitrogens with zero attached hydrogens (tertiary/aromatic N) is 3. The van der Waals surface area contributed by atoms with E-state index in [1.807, 2.05) is 24.4 Å². The smallest absolute Gasteiger partial charge is 0.308 e. The zero-order valence-electron chi connectivity index (χ0n) is 17.4. The van der Waals surface area contributed by atoms with Gasteiger partial charge >= 0.3 is 5.97 Å². The van der Waals surface area contributed by atoms with Gasteiger partial charge in [0.25, 0.3) is 0 Å². The number of carbonyl (C=O) groups excluding carboxylic acids is 1. The third-order valence-corrected chi connectivity index (χ3v) is 6.84. The number of pyridine rings is 1. The van der Waals surface area contributed by atoms with Crippen molar-refractivity contribution in [2.75, 3.05) is 38.2 Å². The molecule has 0 saturated carbocycles. The van der Waals surface area contributed by atoms with E-state index in [0.29, 0.717) is 16.0 Å². The van der Waals surface area contributed by atoms with Crippen molar-refractivity contribution in [3.8, 4) is 0 Å². The van der Waals surface area contributed by atoms with Gasteiger partial charge in [0.2, 0.25) is 0 Å². The number of halogens is 2. The Hall–Kier alpha value is -1.82. The number of rotatable bonds is 5. The molecule has 0 bridgehead atoms. The van der Waals surface area contributed by atoms with Crippen molar-refractivity contribution in [1.82, 2.24) is 9.88 Å². The van der Waals surface area contributed by atoms with E-state index in [1.54, 1.807) is 0 Å². The molecule has 2 fully saturated rings. The predicted molar refractivity (Wildman–Crippen MR) is 120 cm³/mol. The van der Waals surface area contributed by atoms with Crippen LogP contribution in [0, 0.1) is 12.8 Å². The minimum absolute atomic E-state index is 0.0432. The second-order valence-electron chi connectivity index (χ2n) is 8.29. The van der Waals surface area contributed by atoms with Crippen LogP contribution in [0.1, 0.15) is 35.6 Å². The number of aryl methyl sites for hydroxylation is 1. The number of methoxy groups -OCH3 is 1. The van der Waals surface area contributed by atoms with Crippen molar-refractivity contribution in [3.05, 3.63) is 57.3 Å². The number of esters is 1. The van der Waals surface area contributed by atoms with Crippen molar-refractivity contribution >= 4 is 34.9 Å². The Balaban J connectivity index is 1.34. The summed E-state index contributed by atoms with van der Waals surface area (Å²) < 4.78 is 4.87. The van der Waals surface area contributed by atoms with Gasteiger partial charge in [0.15, 0.2) is 0 Å². The maximum absolute atomic E-state index is 11.7. The first-order chi connectivity index (χ1) is 14.5. The summed E-state index contributed by atoms with van der Waals surface area (Å²) in [6.45, 7) is 6.58. The number of para-hydroxylation sites is 1. The summed E-state index contributed by atoms with van der Waals surface area (Å²) in [5.74, 6) is 0.355. The zero-order valence-corrected chi connectivity index (χ0v) is 18.9. The lowest BCUT2D eigenvalue weighted by Crippen LogP contribution is -2.46. The Bertz CT molecular complexity index is 902. The molecular formula is C23H27Cl2N3O2. The molecule has 0 aliphatic carbocycles. The second-order valence-corrected chi connectivity index (χ2v) is 9.11. The molecule has 5 nitrogen and oxygen atoms in total. The minimum Gasteiger partial charge on any atom is -0.469 e. The maximum atomic E-state index is 11.7. The molecule has 4 rings (SSSR count). The summed E-state index contributed by atoms with van der Waals surface area (Å²) in [4.78, 5) is 21.1. The van der Waals surface area contributed by atoms with E-state index in [-0.39, 0.29) is 11.9 Å². The molecule has 0 N–H and O–H groups in total. The number of hydrogen-bond donors (Lipinski definition) is 0. The lowest BCUT2D eigenvalue weighted by Gasteiger charge is -2.42. The number of likely N-dealkylation sites (tertiary alicyclic amines) is 1. The molecule has 1 aromatic heterocycles. The van der Waals surface area contributed by atoms with E-state index in [1.165, 1.54) is 18.2 Å². The molecule has 2 saturated heterocycles. The SMILES string of the molecule is COC(=O)C1CCN(Cc2cnc(C3CN(c4c(Cl)cccc4Cl)C3)c(C)c2)CC1. The van der Waals surface area contributed by atoms with Crippen molar-refractivity contribution in [2.24, 2.45) is 5.92 Å². The zero-order chi connectivity index (χ0) is 21.3. The van der Waals surface area contributed by atoms with Crippen LogP contribution >= 0.6 is 23.2 Å². The van der Waals surface area contributed by atoms with Crippen molar-refractivity contribution in [3.63, 3.8) is 0 Å². The van der Waals surface area contributed by atoms with Crippen LogP contribution in [0.4, 0.5) is 5.69 Å². The lowest BCUT2D eigenvalue weighted by atomic mass is 9.91. The molecule has 2 aliphatic rings. The van der Waals surface area contributed by atoms with Gasteiger partial charge < -0.3 is 9.64 Å². The fourth-order valence-corrected chi connectivity index (χ4v) is 5.17. The largest absolute Gasteiger partial charge is 0.469 e. The Kier molecular flexibility index (Phi) is 6.51. The van der Waals surface area contributed by atoms with Crippen LogP contribution in [0.25, 0.3) is 0 Å². The predicted octanol–water partition coefficient (Wildman–Crippen LogP) is 4.69. The highest BCUT2D eigenvalue weighted by Gasteiger charge is 2.33. The summed E-state index contributed by atoms with van der Waals surface area (Å²) in [6.07, 6.45) is 3.72. The van der Waals surface area contributed by atoms with Crippen LogP contribution in [0.3, 0.4) is 0 Å². The van der Waals surface area contributed by atoms with Gasteiger partial charge in [-0.1, -0.05) is 35.3 Å². The Labute approximate surface area is 187 Å². The highest BCUT2D eigenvalue weighted by Crippen LogP contribution is 2.40. The minimum atomic E-state index is -0.0795. The highest BCUT2D eigenvalue weighted by molar-refractivity contribution is 6.39. The number of hydrogen-bond acceptors (Lipinski definition) is 5. The number of anilines is 1. The second kappa shape index (κ2) is 9.13. The van der Waals surface area contributed by atoms with Crippen LogP contribution in [-0.2, 0) is 16.1 Å². The normalized spacial score (nSPS) is 18.3. The van der Waals surface area contributed by atoms with Crippen LogP contribution < -0.4 is 4.90 Å². The molecule has 7 heteroatoms. The monoisotopic (exact) mass is 447 g/mol. The molecule has 0 spiro atoms. The van der Waals surface area contributed by atoms with Gasteiger partial charge in [-0.3, -0.25) is 14.7 Å². The third-order valence-electron chi connectivity index (χ3n) is 6.23. The van der Waals surface area contributed by atoms with E-state index in [9.17, 15) is 4.79 Å². The van der Waals surface area contributed by atoms with E-state index < -0.39 is 0 Å². The number of piperidine rings is 1. The summed E-state index contributed by atoms with van der Waals surface area (Å²) >= 11 is 12.7. The van der Waals surface area contributed by atoms with Gasteiger partial charge in [-0.2, -0.15) is 0 Å². The molecule has 3 heterocycles. The van der Waals surface area contributed by atoms with Gasteiger partial charge in [0.1, 0.15) is 0 Å². The highest BCUT2D eigenvalue weighted by atomic mass is 35.5. The number of carbonyl (C=O) groups is 1. The molecule has 0 radical (unpaired) electrons. The molecule has 2 aliphatic heterocycles. The fraction of sp³-hybridized carbons (Fsp3) is 0.478. The van der Waals surface area contributed by atoms with Crippen LogP contribution in [0.5, 0.6) is 0 Å². The van der Waals surface area contributed by atoms with Gasteiger partial charge in [0, 0.05) is 37.4 Å². The van der Waals surface area contributed by atoms with E-state index in [0.717, 1.165) is 56.9 Å². The van der Waals surface area contributed by atoms with Gasteiger partial charge in [-0.15, -0.1) is 0 Å².